The van der Waals surface area contributed by atoms with Gasteiger partial charge in [-0.3, -0.25) is 5.41 Å². The maximum absolute atomic E-state index is 12.8. The van der Waals surface area contributed by atoms with Crippen LogP contribution >= 0.6 is 11.6 Å². The predicted octanol–water partition coefficient (Wildman–Crippen LogP) is 2.66. The van der Waals surface area contributed by atoms with Crippen LogP contribution in [0.3, 0.4) is 0 Å². The summed E-state index contributed by atoms with van der Waals surface area (Å²) in [4.78, 5) is 10.3. The summed E-state index contributed by atoms with van der Waals surface area (Å²) >= 11 is 5.52. The van der Waals surface area contributed by atoms with Crippen LogP contribution in [-0.2, 0) is 9.53 Å². The third kappa shape index (κ3) is 5.56. The van der Waals surface area contributed by atoms with Gasteiger partial charge in [0, 0.05) is 0 Å². The van der Waals surface area contributed by atoms with Crippen molar-refractivity contribution in [3.05, 3.63) is 23.0 Å². The van der Waals surface area contributed by atoms with Gasteiger partial charge < -0.3 is 15.2 Å². The Bertz CT molecular complexity index is 467. The van der Waals surface area contributed by atoms with E-state index < -0.39 is 11.8 Å². The SMILES string of the molecule is CCOC(=O)C(C)=N.COc1ccc(N)c(F)c1Cl. The number of hydrogen-bond acceptors (Lipinski definition) is 5. The van der Waals surface area contributed by atoms with Crippen LogP contribution in [0.5, 0.6) is 5.75 Å². The quantitative estimate of drug-likeness (QED) is 0.509. The summed E-state index contributed by atoms with van der Waals surface area (Å²) in [7, 11) is 1.41. The number of anilines is 1. The fourth-order valence-electron chi connectivity index (χ4n) is 0.944. The molecule has 1 aromatic rings. The maximum Gasteiger partial charge on any atom is 0.351 e. The van der Waals surface area contributed by atoms with Crippen molar-refractivity contribution in [1.82, 2.24) is 0 Å². The molecule has 0 fully saturated rings. The van der Waals surface area contributed by atoms with E-state index in [0.717, 1.165) is 0 Å². The zero-order chi connectivity index (χ0) is 15.0. The van der Waals surface area contributed by atoms with Gasteiger partial charge in [-0.1, -0.05) is 11.6 Å². The standard InChI is InChI=1S/C7H7ClFNO.C5H9NO2/c1-11-5-3-2-4(10)7(9)6(5)8;1-3-8-5(7)4(2)6/h2-3H,10H2,1H3;6H,3H2,1-2H3. The summed E-state index contributed by atoms with van der Waals surface area (Å²) in [6, 6.07) is 2.92. The molecule has 5 nitrogen and oxygen atoms in total. The Morgan fingerprint density at radius 3 is 2.47 bits per heavy atom. The molecule has 0 saturated heterocycles. The van der Waals surface area contributed by atoms with E-state index in [1.54, 1.807) is 6.92 Å². The van der Waals surface area contributed by atoms with E-state index in [0.29, 0.717) is 12.4 Å². The van der Waals surface area contributed by atoms with Crippen LogP contribution in [0.25, 0.3) is 0 Å². The van der Waals surface area contributed by atoms with Crippen molar-refractivity contribution in [2.75, 3.05) is 19.5 Å². The first kappa shape index (κ1) is 17.2. The molecule has 0 atom stereocenters. The van der Waals surface area contributed by atoms with Gasteiger partial charge >= 0.3 is 5.97 Å². The van der Waals surface area contributed by atoms with Crippen LogP contribution in [0.2, 0.25) is 5.02 Å². The van der Waals surface area contributed by atoms with E-state index >= 15 is 0 Å². The fourth-order valence-corrected chi connectivity index (χ4v) is 1.19. The number of carbonyl (C=O) groups excluding carboxylic acids is 1. The Hall–Kier alpha value is -1.82. The lowest BCUT2D eigenvalue weighted by Gasteiger charge is -2.04. The molecule has 0 radical (unpaired) electrons. The lowest BCUT2D eigenvalue weighted by Crippen LogP contribution is -2.12. The fraction of sp³-hybridized carbons (Fsp3) is 0.333. The number of nitrogens with one attached hydrogen (secondary N) is 1. The van der Waals surface area contributed by atoms with Gasteiger partial charge in [0.15, 0.2) is 5.82 Å². The third-order valence-electron chi connectivity index (χ3n) is 1.88. The molecule has 19 heavy (non-hydrogen) atoms. The van der Waals surface area contributed by atoms with Gasteiger partial charge in [-0.25, -0.2) is 9.18 Å². The maximum atomic E-state index is 12.8. The summed E-state index contributed by atoms with van der Waals surface area (Å²) in [6.45, 7) is 3.45. The first-order valence-corrected chi connectivity index (χ1v) is 5.72. The Labute approximate surface area is 116 Å². The van der Waals surface area contributed by atoms with Gasteiger partial charge in [0.05, 0.1) is 19.4 Å². The highest BCUT2D eigenvalue weighted by molar-refractivity contribution is 6.34. The normalized spacial score (nSPS) is 9.11. The second-order valence-electron chi connectivity index (χ2n) is 3.33. The smallest absolute Gasteiger partial charge is 0.351 e. The summed E-state index contributed by atoms with van der Waals surface area (Å²) in [5.74, 6) is -0.878. The number of nitrogen functional groups attached to an aromatic ring is 1. The van der Waals surface area contributed by atoms with Crippen LogP contribution in [0.4, 0.5) is 10.1 Å². The van der Waals surface area contributed by atoms with Crippen molar-refractivity contribution in [3.63, 3.8) is 0 Å². The van der Waals surface area contributed by atoms with Gasteiger partial charge in [-0.2, -0.15) is 0 Å². The molecule has 106 valence electrons. The largest absolute Gasteiger partial charge is 0.495 e. The number of rotatable bonds is 3. The summed E-state index contributed by atoms with van der Waals surface area (Å²) in [5, 5.41) is 6.65. The number of halogens is 2. The molecular weight excluding hydrogens is 275 g/mol. The number of carbonyl (C=O) groups is 1. The molecule has 1 aromatic carbocycles. The topological polar surface area (TPSA) is 85.4 Å². The number of methoxy groups -OCH3 is 1. The average Bonchev–Trinajstić information content (AvgIpc) is 2.37. The summed E-state index contributed by atoms with van der Waals surface area (Å²) in [6.07, 6.45) is 0. The minimum absolute atomic E-state index is 0.0239. The number of hydrogen-bond donors (Lipinski definition) is 2. The van der Waals surface area contributed by atoms with Gasteiger partial charge in [0.1, 0.15) is 16.5 Å². The zero-order valence-electron chi connectivity index (χ0n) is 10.9. The Morgan fingerprint density at radius 2 is 2.11 bits per heavy atom. The second kappa shape index (κ2) is 8.31. The molecule has 0 saturated carbocycles. The molecular formula is C12H16ClFN2O3. The van der Waals surface area contributed by atoms with Crippen LogP contribution < -0.4 is 10.5 Å². The second-order valence-corrected chi connectivity index (χ2v) is 3.71. The van der Waals surface area contributed by atoms with E-state index in [1.807, 2.05) is 0 Å². The van der Waals surface area contributed by atoms with E-state index in [9.17, 15) is 9.18 Å². The van der Waals surface area contributed by atoms with E-state index in [1.165, 1.54) is 26.2 Å². The van der Waals surface area contributed by atoms with Crippen LogP contribution in [0.1, 0.15) is 13.8 Å². The summed E-state index contributed by atoms with van der Waals surface area (Å²) < 4.78 is 22.0. The highest BCUT2D eigenvalue weighted by atomic mass is 35.5. The molecule has 3 N–H and O–H groups in total. The van der Waals surface area contributed by atoms with Gasteiger partial charge in [0.2, 0.25) is 0 Å². The van der Waals surface area contributed by atoms with E-state index in [4.69, 9.17) is 27.5 Å². The minimum Gasteiger partial charge on any atom is -0.495 e. The Balaban J connectivity index is 0.000000362. The van der Waals surface area contributed by atoms with Crippen LogP contribution in [0, 0.1) is 11.2 Å². The molecule has 0 aliphatic carbocycles. The molecule has 0 amide bonds. The molecule has 0 aromatic heterocycles. The minimum atomic E-state index is -0.633. The monoisotopic (exact) mass is 290 g/mol. The van der Waals surface area contributed by atoms with Crippen molar-refractivity contribution in [2.24, 2.45) is 0 Å². The van der Waals surface area contributed by atoms with Crippen molar-refractivity contribution in [3.8, 4) is 5.75 Å². The van der Waals surface area contributed by atoms with Gasteiger partial charge in [-0.05, 0) is 26.0 Å². The lowest BCUT2D eigenvalue weighted by molar-refractivity contribution is -0.135. The van der Waals surface area contributed by atoms with Gasteiger partial charge in [0.25, 0.3) is 0 Å². The zero-order valence-corrected chi connectivity index (χ0v) is 11.7. The molecule has 0 unspecified atom stereocenters. The third-order valence-corrected chi connectivity index (χ3v) is 2.23. The first-order chi connectivity index (χ1) is 8.84. The van der Waals surface area contributed by atoms with Crippen molar-refractivity contribution < 1.29 is 18.7 Å². The molecule has 7 heteroatoms. The number of benzene rings is 1. The highest BCUT2D eigenvalue weighted by Crippen LogP contribution is 2.29. The molecule has 0 heterocycles. The molecule has 0 spiro atoms. The van der Waals surface area contributed by atoms with Crippen LogP contribution in [-0.4, -0.2) is 25.4 Å². The number of nitrogens with two attached hydrogens (primary N) is 1. The lowest BCUT2D eigenvalue weighted by atomic mass is 10.3. The van der Waals surface area contributed by atoms with Crippen molar-refractivity contribution in [1.29, 1.82) is 5.41 Å². The highest BCUT2D eigenvalue weighted by Gasteiger charge is 2.08. The molecule has 0 aliphatic heterocycles. The van der Waals surface area contributed by atoms with Crippen LogP contribution in [0.15, 0.2) is 12.1 Å². The molecule has 0 bridgehead atoms. The Morgan fingerprint density at radius 1 is 1.53 bits per heavy atom. The predicted molar refractivity (Wildman–Crippen MR) is 72.4 cm³/mol. The molecule has 0 aliphatic rings. The summed E-state index contributed by atoms with van der Waals surface area (Å²) in [5.41, 5.74) is 5.20. The van der Waals surface area contributed by atoms with Crippen molar-refractivity contribution >= 4 is 29.0 Å². The average molecular weight is 291 g/mol. The van der Waals surface area contributed by atoms with Crippen molar-refractivity contribution in [2.45, 2.75) is 13.8 Å². The number of esters is 1. The van der Waals surface area contributed by atoms with Gasteiger partial charge in [-0.15, -0.1) is 0 Å². The van der Waals surface area contributed by atoms with E-state index in [2.05, 4.69) is 4.74 Å². The van der Waals surface area contributed by atoms with E-state index in [-0.39, 0.29) is 16.4 Å². The number of ether oxygens (including phenoxy) is 2. The Kier molecular flexibility index (Phi) is 7.52. The first-order valence-electron chi connectivity index (χ1n) is 5.34. The molecule has 1 rings (SSSR count).